The molecule has 0 aromatic carbocycles. The highest BCUT2D eigenvalue weighted by atomic mass is 35.5. The molecule has 0 saturated heterocycles. The van der Waals surface area contributed by atoms with Gasteiger partial charge in [-0.1, -0.05) is 28.4 Å². The van der Waals surface area contributed by atoms with E-state index in [0.717, 1.165) is 5.69 Å². The van der Waals surface area contributed by atoms with E-state index in [0.29, 0.717) is 5.56 Å². The maximum absolute atomic E-state index is 5.86. The molecule has 0 radical (unpaired) electrons. The number of halogens is 2. The Hall–Kier alpha value is -1.20. The number of hydrogen-bond acceptors (Lipinski definition) is 4. The third-order valence-electron chi connectivity index (χ3n) is 1.71. The Balaban J connectivity index is 2.62. The van der Waals surface area contributed by atoms with E-state index in [-0.39, 0.29) is 10.3 Å². The maximum Gasteiger partial charge on any atom is 0.161 e. The minimum atomic E-state index is 0.278. The smallest absolute Gasteiger partial charge is 0.161 e. The van der Waals surface area contributed by atoms with E-state index in [2.05, 4.69) is 20.5 Å². The molecule has 7 heteroatoms. The van der Waals surface area contributed by atoms with Crippen LogP contribution in [0.3, 0.4) is 0 Å². The minimum absolute atomic E-state index is 0.278. The van der Waals surface area contributed by atoms with Gasteiger partial charge in [-0.05, 0) is 6.07 Å². The van der Waals surface area contributed by atoms with E-state index in [9.17, 15) is 0 Å². The van der Waals surface area contributed by atoms with Crippen molar-refractivity contribution in [2.24, 2.45) is 7.05 Å². The molecule has 0 atom stereocenters. The molecular weight excluding hydrogens is 225 g/mol. The van der Waals surface area contributed by atoms with Gasteiger partial charge in [-0.3, -0.25) is 0 Å². The average Bonchev–Trinajstić information content (AvgIpc) is 2.56. The van der Waals surface area contributed by atoms with Crippen LogP contribution in [0.15, 0.2) is 12.3 Å². The highest BCUT2D eigenvalue weighted by Gasteiger charge is 2.10. The lowest BCUT2D eigenvalue weighted by Crippen LogP contribution is -1.96. The van der Waals surface area contributed by atoms with Crippen LogP contribution < -0.4 is 0 Å². The van der Waals surface area contributed by atoms with Crippen molar-refractivity contribution in [2.75, 3.05) is 0 Å². The third kappa shape index (κ3) is 1.56. The largest absolute Gasteiger partial charge is 0.248 e. The summed E-state index contributed by atoms with van der Waals surface area (Å²) in [6, 6.07) is 1.62. The van der Waals surface area contributed by atoms with Gasteiger partial charge in [0, 0.05) is 12.6 Å². The van der Waals surface area contributed by atoms with E-state index in [1.807, 2.05) is 0 Å². The van der Waals surface area contributed by atoms with E-state index < -0.39 is 0 Å². The van der Waals surface area contributed by atoms with Crippen molar-refractivity contribution in [2.45, 2.75) is 0 Å². The second-order valence-electron chi connectivity index (χ2n) is 2.61. The predicted molar refractivity (Wildman–Crippen MR) is 52.0 cm³/mol. The van der Waals surface area contributed by atoms with E-state index in [1.165, 1.54) is 0 Å². The number of nitrogens with zero attached hydrogens (tertiary/aromatic N) is 5. The van der Waals surface area contributed by atoms with Crippen LogP contribution in [-0.4, -0.2) is 25.2 Å². The summed E-state index contributed by atoms with van der Waals surface area (Å²) < 4.78 is 1.58. The first-order chi connectivity index (χ1) is 6.68. The van der Waals surface area contributed by atoms with Crippen LogP contribution >= 0.6 is 23.2 Å². The molecule has 0 amide bonds. The Morgan fingerprint density at radius 3 is 2.71 bits per heavy atom. The normalized spacial score (nSPS) is 10.5. The number of aryl methyl sites for hydroxylation is 1. The quantitative estimate of drug-likeness (QED) is 0.746. The standard InChI is InChI=1S/C7H5Cl2N5/c1-14-5(3-10-13-14)4-2-6(8)11-12-7(4)9/h2-3H,1H3. The molecule has 2 rings (SSSR count). The van der Waals surface area contributed by atoms with Crippen LogP contribution in [0.1, 0.15) is 0 Å². The molecule has 0 aliphatic rings. The SMILES string of the molecule is Cn1nncc1-c1cc(Cl)nnc1Cl. The third-order valence-corrected chi connectivity index (χ3v) is 2.17. The maximum atomic E-state index is 5.86. The van der Waals surface area contributed by atoms with Gasteiger partial charge >= 0.3 is 0 Å². The van der Waals surface area contributed by atoms with Crippen LogP contribution in [0.2, 0.25) is 10.3 Å². The van der Waals surface area contributed by atoms with Gasteiger partial charge in [0.2, 0.25) is 0 Å². The van der Waals surface area contributed by atoms with Gasteiger partial charge in [0.15, 0.2) is 10.3 Å². The number of aromatic nitrogens is 5. The van der Waals surface area contributed by atoms with Crippen molar-refractivity contribution in [3.8, 4) is 11.3 Å². The van der Waals surface area contributed by atoms with Gasteiger partial charge in [0.25, 0.3) is 0 Å². The van der Waals surface area contributed by atoms with Crippen LogP contribution in [0.25, 0.3) is 11.3 Å². The second kappa shape index (κ2) is 3.51. The van der Waals surface area contributed by atoms with Gasteiger partial charge in [0.1, 0.15) is 0 Å². The van der Waals surface area contributed by atoms with Crippen molar-refractivity contribution in [1.29, 1.82) is 0 Å². The summed E-state index contributed by atoms with van der Waals surface area (Å²) in [7, 11) is 1.76. The summed E-state index contributed by atoms with van der Waals surface area (Å²) >= 11 is 11.6. The van der Waals surface area contributed by atoms with Crippen LogP contribution in [0.4, 0.5) is 0 Å². The fraction of sp³-hybridized carbons (Fsp3) is 0.143. The molecule has 0 N–H and O–H groups in total. The van der Waals surface area contributed by atoms with E-state index in [4.69, 9.17) is 23.2 Å². The summed E-state index contributed by atoms with van der Waals surface area (Å²) in [4.78, 5) is 0. The predicted octanol–water partition coefficient (Wildman–Crippen LogP) is 1.58. The zero-order chi connectivity index (χ0) is 10.1. The summed E-state index contributed by atoms with van der Waals surface area (Å²) in [5.41, 5.74) is 1.41. The lowest BCUT2D eigenvalue weighted by molar-refractivity contribution is 0.720. The summed E-state index contributed by atoms with van der Waals surface area (Å²) in [6.07, 6.45) is 1.58. The summed E-state index contributed by atoms with van der Waals surface area (Å²) in [6.45, 7) is 0. The Bertz CT molecular complexity index is 467. The molecular formula is C7H5Cl2N5. The molecule has 0 spiro atoms. The lowest BCUT2D eigenvalue weighted by Gasteiger charge is -2.01. The molecule has 14 heavy (non-hydrogen) atoms. The molecule has 0 unspecified atom stereocenters. The summed E-state index contributed by atoms with van der Waals surface area (Å²) in [5.74, 6) is 0. The molecule has 2 aromatic heterocycles. The van der Waals surface area contributed by atoms with Crippen LogP contribution in [-0.2, 0) is 7.05 Å². The molecule has 5 nitrogen and oxygen atoms in total. The van der Waals surface area contributed by atoms with Gasteiger partial charge in [-0.25, -0.2) is 4.68 Å². The number of hydrogen-bond donors (Lipinski definition) is 0. The first-order valence-corrected chi connectivity index (χ1v) is 4.48. The van der Waals surface area contributed by atoms with Crippen LogP contribution in [0.5, 0.6) is 0 Å². The molecule has 0 fully saturated rings. The molecule has 2 aromatic rings. The first kappa shape index (κ1) is 9.36. The highest BCUT2D eigenvalue weighted by Crippen LogP contribution is 2.25. The first-order valence-electron chi connectivity index (χ1n) is 3.72. The average molecular weight is 230 g/mol. The van der Waals surface area contributed by atoms with Crippen LogP contribution in [0, 0.1) is 0 Å². The fourth-order valence-electron chi connectivity index (χ4n) is 1.07. The zero-order valence-electron chi connectivity index (χ0n) is 7.15. The Labute approximate surface area is 89.7 Å². The number of rotatable bonds is 1. The van der Waals surface area contributed by atoms with Crippen molar-refractivity contribution >= 4 is 23.2 Å². The Morgan fingerprint density at radius 1 is 1.29 bits per heavy atom. The van der Waals surface area contributed by atoms with Gasteiger partial charge in [-0.15, -0.1) is 15.3 Å². The fourth-order valence-corrected chi connectivity index (χ4v) is 1.40. The van der Waals surface area contributed by atoms with E-state index in [1.54, 1.807) is 24.0 Å². The zero-order valence-corrected chi connectivity index (χ0v) is 8.66. The molecule has 0 saturated carbocycles. The lowest BCUT2D eigenvalue weighted by atomic mass is 10.2. The Morgan fingerprint density at radius 2 is 2.07 bits per heavy atom. The van der Waals surface area contributed by atoms with Gasteiger partial charge in [0.05, 0.1) is 11.9 Å². The minimum Gasteiger partial charge on any atom is -0.248 e. The second-order valence-corrected chi connectivity index (χ2v) is 3.36. The van der Waals surface area contributed by atoms with Crippen molar-refractivity contribution in [1.82, 2.24) is 25.2 Å². The van der Waals surface area contributed by atoms with Gasteiger partial charge in [-0.2, -0.15) is 0 Å². The van der Waals surface area contributed by atoms with Gasteiger partial charge < -0.3 is 0 Å². The topological polar surface area (TPSA) is 56.5 Å². The monoisotopic (exact) mass is 229 g/mol. The van der Waals surface area contributed by atoms with Crippen molar-refractivity contribution in [3.05, 3.63) is 22.6 Å². The highest BCUT2D eigenvalue weighted by molar-refractivity contribution is 6.33. The molecule has 0 bridgehead atoms. The molecule has 0 aliphatic heterocycles. The molecule has 2 heterocycles. The van der Waals surface area contributed by atoms with Crippen molar-refractivity contribution in [3.63, 3.8) is 0 Å². The van der Waals surface area contributed by atoms with Crippen molar-refractivity contribution < 1.29 is 0 Å². The Kier molecular flexibility index (Phi) is 2.35. The van der Waals surface area contributed by atoms with E-state index >= 15 is 0 Å². The summed E-state index contributed by atoms with van der Waals surface area (Å²) in [5, 5.41) is 15.4. The molecule has 0 aliphatic carbocycles. The molecule has 72 valence electrons.